The number of carboxylic acid groups (broad SMARTS) is 1. The molecule has 7 heteroatoms. The predicted octanol–water partition coefficient (Wildman–Crippen LogP) is 0.930. The maximum atomic E-state index is 12.5. The summed E-state index contributed by atoms with van der Waals surface area (Å²) in [7, 11) is -1.76. The van der Waals surface area contributed by atoms with Crippen molar-refractivity contribution in [1.29, 1.82) is 0 Å². The Morgan fingerprint density at radius 2 is 2.19 bits per heavy atom. The van der Waals surface area contributed by atoms with Gasteiger partial charge in [0, 0.05) is 12.6 Å². The van der Waals surface area contributed by atoms with Crippen molar-refractivity contribution in [2.24, 2.45) is 0 Å². The van der Waals surface area contributed by atoms with Crippen molar-refractivity contribution in [3.8, 4) is 0 Å². The van der Waals surface area contributed by atoms with E-state index >= 15 is 0 Å². The molecule has 2 rings (SSSR count). The summed E-state index contributed by atoms with van der Waals surface area (Å²) in [5.74, 6) is -1.13. The van der Waals surface area contributed by atoms with Gasteiger partial charge in [0.05, 0.1) is 10.5 Å². The standard InChI is InChI=1S/C14H20N2O4S/c1-3-10-4-5-11(14(17)18)8-13(10)21(19,20)15-12-6-7-16(2)9-12/h4-5,8,12,15H,3,6-7,9H2,1-2H3,(H,17,18). The van der Waals surface area contributed by atoms with Crippen LogP contribution in [0.4, 0.5) is 0 Å². The van der Waals surface area contributed by atoms with Gasteiger partial charge in [-0.05, 0) is 44.1 Å². The summed E-state index contributed by atoms with van der Waals surface area (Å²) in [6.07, 6.45) is 1.29. The number of nitrogens with one attached hydrogen (secondary N) is 1. The number of likely N-dealkylation sites (tertiary alicyclic amines) is 1. The molecule has 116 valence electrons. The zero-order valence-electron chi connectivity index (χ0n) is 12.2. The van der Waals surface area contributed by atoms with Gasteiger partial charge < -0.3 is 10.0 Å². The monoisotopic (exact) mass is 312 g/mol. The van der Waals surface area contributed by atoms with Gasteiger partial charge in [-0.3, -0.25) is 0 Å². The van der Waals surface area contributed by atoms with Crippen LogP contribution in [0, 0.1) is 0 Å². The lowest BCUT2D eigenvalue weighted by atomic mass is 10.1. The number of carboxylic acids is 1. The molecule has 0 spiro atoms. The number of aromatic carboxylic acids is 1. The van der Waals surface area contributed by atoms with E-state index in [-0.39, 0.29) is 16.5 Å². The van der Waals surface area contributed by atoms with Crippen molar-refractivity contribution in [2.75, 3.05) is 20.1 Å². The molecule has 1 aliphatic rings. The third kappa shape index (κ3) is 3.61. The largest absolute Gasteiger partial charge is 0.478 e. The van der Waals surface area contributed by atoms with Gasteiger partial charge in [0.1, 0.15) is 0 Å². The number of hydrogen-bond acceptors (Lipinski definition) is 4. The highest BCUT2D eigenvalue weighted by atomic mass is 32.2. The molecule has 1 aromatic carbocycles. The van der Waals surface area contributed by atoms with Crippen LogP contribution in [0.5, 0.6) is 0 Å². The van der Waals surface area contributed by atoms with E-state index in [4.69, 9.17) is 5.11 Å². The molecule has 1 aromatic rings. The van der Waals surface area contributed by atoms with Crippen LogP contribution in [0.2, 0.25) is 0 Å². The number of aryl methyl sites for hydroxylation is 1. The van der Waals surface area contributed by atoms with E-state index < -0.39 is 16.0 Å². The summed E-state index contributed by atoms with van der Waals surface area (Å²) in [5, 5.41) is 9.04. The second-order valence-electron chi connectivity index (χ2n) is 5.35. The first-order valence-electron chi connectivity index (χ1n) is 6.90. The minimum atomic E-state index is -3.71. The van der Waals surface area contributed by atoms with Gasteiger partial charge >= 0.3 is 5.97 Å². The van der Waals surface area contributed by atoms with Crippen molar-refractivity contribution >= 4 is 16.0 Å². The molecule has 2 N–H and O–H groups in total. The quantitative estimate of drug-likeness (QED) is 0.844. The first-order chi connectivity index (χ1) is 9.83. The molecule has 1 fully saturated rings. The Morgan fingerprint density at radius 3 is 2.71 bits per heavy atom. The fraction of sp³-hybridized carbons (Fsp3) is 0.500. The van der Waals surface area contributed by atoms with E-state index in [0.29, 0.717) is 18.5 Å². The summed E-state index contributed by atoms with van der Waals surface area (Å²) < 4.78 is 27.7. The SMILES string of the molecule is CCc1ccc(C(=O)O)cc1S(=O)(=O)NC1CCN(C)C1. The van der Waals surface area contributed by atoms with Crippen LogP contribution >= 0.6 is 0 Å². The van der Waals surface area contributed by atoms with Gasteiger partial charge in [-0.1, -0.05) is 13.0 Å². The van der Waals surface area contributed by atoms with Gasteiger partial charge in [0.15, 0.2) is 0 Å². The second kappa shape index (κ2) is 6.13. The predicted molar refractivity (Wildman–Crippen MR) is 79.0 cm³/mol. The minimum absolute atomic E-state index is 0.0175. The molecule has 1 saturated heterocycles. The number of carbonyl (C=O) groups is 1. The molecule has 1 unspecified atom stereocenters. The third-order valence-corrected chi connectivity index (χ3v) is 5.30. The summed E-state index contributed by atoms with van der Waals surface area (Å²) in [4.78, 5) is 13.2. The maximum absolute atomic E-state index is 12.5. The highest BCUT2D eigenvalue weighted by molar-refractivity contribution is 7.89. The van der Waals surface area contributed by atoms with Crippen LogP contribution in [0.25, 0.3) is 0 Å². The topological polar surface area (TPSA) is 86.7 Å². The van der Waals surface area contributed by atoms with Gasteiger partial charge in [0.2, 0.25) is 10.0 Å². The first-order valence-corrected chi connectivity index (χ1v) is 8.39. The van der Waals surface area contributed by atoms with E-state index in [9.17, 15) is 13.2 Å². The summed E-state index contributed by atoms with van der Waals surface area (Å²) in [5.41, 5.74) is 0.606. The van der Waals surface area contributed by atoms with Crippen LogP contribution in [-0.4, -0.2) is 50.6 Å². The van der Waals surface area contributed by atoms with Crippen LogP contribution in [0.15, 0.2) is 23.1 Å². The van der Waals surface area contributed by atoms with E-state index in [0.717, 1.165) is 13.0 Å². The average molecular weight is 312 g/mol. The molecule has 0 amide bonds. The Balaban J connectivity index is 2.33. The molecule has 21 heavy (non-hydrogen) atoms. The van der Waals surface area contributed by atoms with E-state index in [1.165, 1.54) is 12.1 Å². The number of nitrogens with zero attached hydrogens (tertiary/aromatic N) is 1. The Bertz CT molecular complexity index is 642. The molecule has 0 radical (unpaired) electrons. The van der Waals surface area contributed by atoms with Crippen molar-refractivity contribution in [2.45, 2.75) is 30.7 Å². The second-order valence-corrected chi connectivity index (χ2v) is 7.03. The zero-order valence-corrected chi connectivity index (χ0v) is 13.0. The van der Waals surface area contributed by atoms with E-state index in [1.54, 1.807) is 6.07 Å². The average Bonchev–Trinajstić information content (AvgIpc) is 2.82. The van der Waals surface area contributed by atoms with Crippen molar-refractivity contribution < 1.29 is 18.3 Å². The molecular formula is C14H20N2O4S. The number of benzene rings is 1. The number of likely N-dealkylation sites (N-methyl/N-ethyl adjacent to an activating group) is 1. The van der Waals surface area contributed by atoms with Gasteiger partial charge in [-0.25, -0.2) is 17.9 Å². The fourth-order valence-corrected chi connectivity index (χ4v) is 4.14. The zero-order chi connectivity index (χ0) is 15.6. The van der Waals surface area contributed by atoms with Crippen LogP contribution in [0.3, 0.4) is 0 Å². The molecule has 1 heterocycles. The number of sulfonamides is 1. The maximum Gasteiger partial charge on any atom is 0.335 e. The molecule has 0 bridgehead atoms. The Kier molecular flexibility index (Phi) is 4.65. The Hall–Kier alpha value is -1.44. The summed E-state index contributed by atoms with van der Waals surface area (Å²) in [6.45, 7) is 3.36. The normalized spacial score (nSPS) is 19.8. The molecule has 0 aromatic heterocycles. The lowest BCUT2D eigenvalue weighted by molar-refractivity contribution is 0.0696. The Morgan fingerprint density at radius 1 is 1.48 bits per heavy atom. The van der Waals surface area contributed by atoms with E-state index in [2.05, 4.69) is 9.62 Å². The van der Waals surface area contributed by atoms with E-state index in [1.807, 2.05) is 14.0 Å². The molecule has 1 aliphatic heterocycles. The molecule has 6 nitrogen and oxygen atoms in total. The fourth-order valence-electron chi connectivity index (χ4n) is 2.54. The third-order valence-electron chi connectivity index (χ3n) is 3.70. The molecule has 1 atom stereocenters. The van der Waals surface area contributed by atoms with Gasteiger partial charge in [-0.15, -0.1) is 0 Å². The summed E-state index contributed by atoms with van der Waals surface area (Å²) >= 11 is 0. The summed E-state index contributed by atoms with van der Waals surface area (Å²) in [6, 6.07) is 4.11. The highest BCUT2D eigenvalue weighted by Crippen LogP contribution is 2.20. The lowest BCUT2D eigenvalue weighted by Crippen LogP contribution is -2.37. The van der Waals surface area contributed by atoms with Crippen LogP contribution < -0.4 is 4.72 Å². The molecule has 0 saturated carbocycles. The van der Waals surface area contributed by atoms with Crippen LogP contribution in [0.1, 0.15) is 29.3 Å². The first kappa shape index (κ1) is 15.9. The van der Waals surface area contributed by atoms with Crippen molar-refractivity contribution in [3.05, 3.63) is 29.3 Å². The highest BCUT2D eigenvalue weighted by Gasteiger charge is 2.27. The van der Waals surface area contributed by atoms with Gasteiger partial charge in [-0.2, -0.15) is 0 Å². The number of hydrogen-bond donors (Lipinski definition) is 2. The smallest absolute Gasteiger partial charge is 0.335 e. The minimum Gasteiger partial charge on any atom is -0.478 e. The van der Waals surface area contributed by atoms with Crippen molar-refractivity contribution in [3.63, 3.8) is 0 Å². The Labute approximate surface area is 124 Å². The molecular weight excluding hydrogens is 292 g/mol. The van der Waals surface area contributed by atoms with Crippen molar-refractivity contribution in [1.82, 2.24) is 9.62 Å². The van der Waals surface area contributed by atoms with Crippen LogP contribution in [-0.2, 0) is 16.4 Å². The lowest BCUT2D eigenvalue weighted by Gasteiger charge is -2.15. The van der Waals surface area contributed by atoms with Gasteiger partial charge in [0.25, 0.3) is 0 Å². The number of rotatable bonds is 5. The molecule has 0 aliphatic carbocycles.